The van der Waals surface area contributed by atoms with Crippen molar-refractivity contribution in [2.45, 2.75) is 26.4 Å². The van der Waals surface area contributed by atoms with E-state index >= 15 is 0 Å². The van der Waals surface area contributed by atoms with Crippen molar-refractivity contribution in [3.63, 3.8) is 0 Å². The SMILES string of the molecule is Cc1cccc(CN)c1N1CCN(C)C(C)C1. The number of benzene rings is 1. The normalized spacial score (nSPS) is 21.9. The zero-order valence-electron chi connectivity index (χ0n) is 11.1. The zero-order chi connectivity index (χ0) is 12.4. The van der Waals surface area contributed by atoms with Gasteiger partial charge in [-0.1, -0.05) is 18.2 Å². The molecule has 1 heterocycles. The van der Waals surface area contributed by atoms with E-state index in [1.54, 1.807) is 0 Å². The van der Waals surface area contributed by atoms with Crippen molar-refractivity contribution >= 4 is 5.69 Å². The Morgan fingerprint density at radius 2 is 2.12 bits per heavy atom. The molecule has 0 aliphatic carbocycles. The quantitative estimate of drug-likeness (QED) is 0.842. The van der Waals surface area contributed by atoms with E-state index in [9.17, 15) is 0 Å². The summed E-state index contributed by atoms with van der Waals surface area (Å²) in [6, 6.07) is 7.03. The van der Waals surface area contributed by atoms with Crippen LogP contribution in [0.4, 0.5) is 5.69 Å². The largest absolute Gasteiger partial charge is 0.368 e. The Morgan fingerprint density at radius 1 is 1.35 bits per heavy atom. The molecule has 1 aromatic carbocycles. The van der Waals surface area contributed by atoms with Gasteiger partial charge in [0.05, 0.1) is 0 Å². The fraction of sp³-hybridized carbons (Fsp3) is 0.571. The van der Waals surface area contributed by atoms with Crippen LogP contribution in [0.5, 0.6) is 0 Å². The van der Waals surface area contributed by atoms with E-state index in [2.05, 4.69) is 48.9 Å². The molecule has 94 valence electrons. The minimum Gasteiger partial charge on any atom is -0.368 e. The van der Waals surface area contributed by atoms with Crippen LogP contribution in [-0.2, 0) is 6.54 Å². The first-order valence-corrected chi connectivity index (χ1v) is 6.37. The Hall–Kier alpha value is -1.06. The molecule has 0 aromatic heterocycles. The molecule has 1 fully saturated rings. The highest BCUT2D eigenvalue weighted by atomic mass is 15.3. The number of nitrogens with zero attached hydrogens (tertiary/aromatic N) is 2. The number of para-hydroxylation sites is 1. The number of piperazine rings is 1. The van der Waals surface area contributed by atoms with Crippen LogP contribution < -0.4 is 10.6 Å². The summed E-state index contributed by atoms with van der Waals surface area (Å²) in [7, 11) is 2.20. The van der Waals surface area contributed by atoms with Gasteiger partial charge in [-0.25, -0.2) is 0 Å². The fourth-order valence-corrected chi connectivity index (χ4v) is 2.59. The molecule has 1 unspecified atom stereocenters. The summed E-state index contributed by atoms with van der Waals surface area (Å²) in [5.41, 5.74) is 9.81. The second kappa shape index (κ2) is 5.07. The smallest absolute Gasteiger partial charge is 0.0442 e. The Balaban J connectivity index is 2.28. The molecule has 17 heavy (non-hydrogen) atoms. The molecule has 0 spiro atoms. The molecule has 1 saturated heterocycles. The molecule has 3 nitrogen and oxygen atoms in total. The Morgan fingerprint density at radius 3 is 2.76 bits per heavy atom. The number of likely N-dealkylation sites (N-methyl/N-ethyl adjacent to an activating group) is 1. The number of anilines is 1. The van der Waals surface area contributed by atoms with Crippen molar-refractivity contribution in [3.8, 4) is 0 Å². The molecule has 1 aliphatic heterocycles. The van der Waals surface area contributed by atoms with Crippen molar-refractivity contribution in [2.75, 3.05) is 31.6 Å². The molecular weight excluding hydrogens is 210 g/mol. The predicted octanol–water partition coefficient (Wildman–Crippen LogP) is 1.59. The highest BCUT2D eigenvalue weighted by Gasteiger charge is 2.22. The van der Waals surface area contributed by atoms with Gasteiger partial charge in [0.25, 0.3) is 0 Å². The van der Waals surface area contributed by atoms with Crippen LogP contribution in [0, 0.1) is 6.92 Å². The van der Waals surface area contributed by atoms with Gasteiger partial charge in [0.15, 0.2) is 0 Å². The maximum absolute atomic E-state index is 5.85. The molecule has 2 N–H and O–H groups in total. The summed E-state index contributed by atoms with van der Waals surface area (Å²) in [4.78, 5) is 4.90. The lowest BCUT2D eigenvalue weighted by Crippen LogP contribution is -2.50. The van der Waals surface area contributed by atoms with Crippen molar-refractivity contribution in [2.24, 2.45) is 5.73 Å². The topological polar surface area (TPSA) is 32.5 Å². The number of nitrogens with two attached hydrogens (primary N) is 1. The van der Waals surface area contributed by atoms with E-state index in [1.165, 1.54) is 16.8 Å². The first-order chi connectivity index (χ1) is 8.13. The molecular formula is C14H23N3. The third-order valence-electron chi connectivity index (χ3n) is 3.82. The first kappa shape index (κ1) is 12.4. The minimum absolute atomic E-state index is 0.606. The summed E-state index contributed by atoms with van der Waals surface area (Å²) in [5, 5.41) is 0. The van der Waals surface area contributed by atoms with E-state index in [0.717, 1.165) is 19.6 Å². The summed E-state index contributed by atoms with van der Waals surface area (Å²) < 4.78 is 0. The minimum atomic E-state index is 0.606. The molecule has 0 bridgehead atoms. The van der Waals surface area contributed by atoms with E-state index in [1.807, 2.05) is 0 Å². The van der Waals surface area contributed by atoms with E-state index < -0.39 is 0 Å². The third-order valence-corrected chi connectivity index (χ3v) is 3.82. The predicted molar refractivity (Wildman–Crippen MR) is 73.4 cm³/mol. The summed E-state index contributed by atoms with van der Waals surface area (Å²) in [6.45, 7) is 8.40. The molecule has 2 rings (SSSR count). The Labute approximate surface area is 104 Å². The van der Waals surface area contributed by atoms with Crippen LogP contribution in [0.2, 0.25) is 0 Å². The van der Waals surface area contributed by atoms with Crippen LogP contribution in [0.15, 0.2) is 18.2 Å². The van der Waals surface area contributed by atoms with Crippen molar-refractivity contribution < 1.29 is 0 Å². The van der Waals surface area contributed by atoms with Crippen LogP contribution in [-0.4, -0.2) is 37.6 Å². The first-order valence-electron chi connectivity index (χ1n) is 6.37. The summed E-state index contributed by atoms with van der Waals surface area (Å²) in [5.74, 6) is 0. The monoisotopic (exact) mass is 233 g/mol. The maximum atomic E-state index is 5.85. The van der Waals surface area contributed by atoms with Gasteiger partial charge in [-0.3, -0.25) is 0 Å². The zero-order valence-corrected chi connectivity index (χ0v) is 11.1. The second-order valence-corrected chi connectivity index (χ2v) is 5.06. The molecule has 1 aliphatic rings. The summed E-state index contributed by atoms with van der Waals surface area (Å²) >= 11 is 0. The van der Waals surface area contributed by atoms with E-state index in [-0.39, 0.29) is 0 Å². The van der Waals surface area contributed by atoms with Crippen LogP contribution >= 0.6 is 0 Å². The van der Waals surface area contributed by atoms with Gasteiger partial charge in [0.2, 0.25) is 0 Å². The molecule has 0 radical (unpaired) electrons. The lowest BCUT2D eigenvalue weighted by Gasteiger charge is -2.40. The van der Waals surface area contributed by atoms with Crippen LogP contribution in [0.25, 0.3) is 0 Å². The van der Waals surface area contributed by atoms with Gasteiger partial charge in [0, 0.05) is 37.9 Å². The van der Waals surface area contributed by atoms with E-state index in [0.29, 0.717) is 12.6 Å². The fourth-order valence-electron chi connectivity index (χ4n) is 2.59. The molecule has 1 aromatic rings. The average Bonchev–Trinajstić information content (AvgIpc) is 2.32. The van der Waals surface area contributed by atoms with Crippen LogP contribution in [0.3, 0.4) is 0 Å². The second-order valence-electron chi connectivity index (χ2n) is 5.06. The lowest BCUT2D eigenvalue weighted by atomic mass is 10.0. The van der Waals surface area contributed by atoms with E-state index in [4.69, 9.17) is 5.73 Å². The number of hydrogen-bond acceptors (Lipinski definition) is 3. The van der Waals surface area contributed by atoms with Crippen molar-refractivity contribution in [1.29, 1.82) is 0 Å². The third kappa shape index (κ3) is 2.45. The number of rotatable bonds is 2. The number of hydrogen-bond donors (Lipinski definition) is 1. The van der Waals surface area contributed by atoms with Crippen LogP contribution in [0.1, 0.15) is 18.1 Å². The molecule has 3 heteroatoms. The van der Waals surface area contributed by atoms with Crippen molar-refractivity contribution in [1.82, 2.24) is 4.90 Å². The average molecular weight is 233 g/mol. The standard InChI is InChI=1S/C14H23N3/c1-11-5-4-6-13(9-15)14(11)17-8-7-16(3)12(2)10-17/h4-6,12H,7-10,15H2,1-3H3. The Bertz CT molecular complexity index is 389. The summed E-state index contributed by atoms with van der Waals surface area (Å²) in [6.07, 6.45) is 0. The van der Waals surface area contributed by atoms with Crippen molar-refractivity contribution in [3.05, 3.63) is 29.3 Å². The Kier molecular flexibility index (Phi) is 3.69. The van der Waals surface area contributed by atoms with Gasteiger partial charge in [-0.2, -0.15) is 0 Å². The van der Waals surface area contributed by atoms with Gasteiger partial charge < -0.3 is 15.5 Å². The van der Waals surface area contributed by atoms with Gasteiger partial charge in [-0.15, -0.1) is 0 Å². The maximum Gasteiger partial charge on any atom is 0.0442 e. The molecule has 1 atom stereocenters. The number of aryl methyl sites for hydroxylation is 1. The lowest BCUT2D eigenvalue weighted by molar-refractivity contribution is 0.234. The van der Waals surface area contributed by atoms with Gasteiger partial charge in [-0.05, 0) is 32.0 Å². The molecule has 0 saturated carbocycles. The highest BCUT2D eigenvalue weighted by Crippen LogP contribution is 2.26. The highest BCUT2D eigenvalue weighted by molar-refractivity contribution is 5.59. The van der Waals surface area contributed by atoms with Gasteiger partial charge >= 0.3 is 0 Å². The van der Waals surface area contributed by atoms with Gasteiger partial charge in [0.1, 0.15) is 0 Å². The molecule has 0 amide bonds.